The van der Waals surface area contributed by atoms with Gasteiger partial charge in [-0.25, -0.2) is 9.59 Å². The first-order valence-corrected chi connectivity index (χ1v) is 7.51. The first-order valence-electron chi connectivity index (χ1n) is 7.51. The number of rotatable bonds is 5. The second-order valence-electron chi connectivity index (χ2n) is 5.03. The van der Waals surface area contributed by atoms with Gasteiger partial charge in [0.05, 0.1) is 5.56 Å². The molecule has 0 amide bonds. The molecule has 6 heteroatoms. The zero-order chi connectivity index (χ0) is 16.8. The van der Waals surface area contributed by atoms with Gasteiger partial charge in [-0.1, -0.05) is 30.3 Å². The van der Waals surface area contributed by atoms with Crippen LogP contribution in [0.1, 0.15) is 10.4 Å². The molecule has 0 spiro atoms. The summed E-state index contributed by atoms with van der Waals surface area (Å²) in [4.78, 5) is 23.7. The number of hydrogen-bond acceptors (Lipinski definition) is 6. The molecule has 3 rings (SSSR count). The van der Waals surface area contributed by atoms with Crippen molar-refractivity contribution in [3.05, 3.63) is 60.2 Å². The zero-order valence-electron chi connectivity index (χ0n) is 12.8. The van der Waals surface area contributed by atoms with Crippen molar-refractivity contribution in [2.24, 2.45) is 0 Å². The lowest BCUT2D eigenvalue weighted by Crippen LogP contribution is -2.38. The van der Waals surface area contributed by atoms with E-state index in [0.29, 0.717) is 17.1 Å². The van der Waals surface area contributed by atoms with Gasteiger partial charge in [0.1, 0.15) is 19.8 Å². The second kappa shape index (κ2) is 7.50. The summed E-state index contributed by atoms with van der Waals surface area (Å²) in [5.41, 5.74) is 0.449. The van der Waals surface area contributed by atoms with Crippen molar-refractivity contribution in [3.8, 4) is 11.5 Å². The fraction of sp³-hybridized carbons (Fsp3) is 0.222. The van der Waals surface area contributed by atoms with Crippen molar-refractivity contribution in [1.82, 2.24) is 0 Å². The smallest absolute Gasteiger partial charge is 0.351 e. The number of carbonyl (C=O) groups is 2. The van der Waals surface area contributed by atoms with Crippen LogP contribution >= 0.6 is 0 Å². The average Bonchev–Trinajstić information content (AvgIpc) is 2.65. The monoisotopic (exact) mass is 328 g/mol. The molecule has 2 aromatic rings. The number of carbonyl (C=O) groups excluding carboxylic acids is 2. The van der Waals surface area contributed by atoms with Crippen LogP contribution in [0.15, 0.2) is 54.6 Å². The van der Waals surface area contributed by atoms with Gasteiger partial charge in [0, 0.05) is 0 Å². The number of fused-ring (bicyclic) bond motifs is 1. The predicted octanol–water partition coefficient (Wildman–Crippen LogP) is 2.23. The first kappa shape index (κ1) is 15.9. The van der Waals surface area contributed by atoms with Crippen LogP contribution in [0.25, 0.3) is 0 Å². The molecule has 124 valence electrons. The Balaban J connectivity index is 1.41. The highest BCUT2D eigenvalue weighted by atomic mass is 16.6. The fourth-order valence-electron chi connectivity index (χ4n) is 2.16. The molecule has 0 N–H and O–H groups in total. The Hall–Kier alpha value is -3.02. The van der Waals surface area contributed by atoms with E-state index in [2.05, 4.69) is 0 Å². The quantitative estimate of drug-likeness (QED) is 0.619. The van der Waals surface area contributed by atoms with E-state index in [1.54, 1.807) is 42.5 Å². The summed E-state index contributed by atoms with van der Waals surface area (Å²) in [7, 11) is 0. The molecule has 6 nitrogen and oxygen atoms in total. The molecule has 0 bridgehead atoms. The Labute approximate surface area is 138 Å². The Kier molecular flexibility index (Phi) is 4.96. The predicted molar refractivity (Wildman–Crippen MR) is 84.0 cm³/mol. The summed E-state index contributed by atoms with van der Waals surface area (Å²) in [6, 6.07) is 15.7. The van der Waals surface area contributed by atoms with Crippen molar-refractivity contribution in [2.45, 2.75) is 6.10 Å². The van der Waals surface area contributed by atoms with Crippen LogP contribution in [0.5, 0.6) is 11.5 Å². The molecule has 1 aliphatic rings. The molecule has 0 aromatic heterocycles. The van der Waals surface area contributed by atoms with Gasteiger partial charge in [-0.3, -0.25) is 0 Å². The third-order valence-electron chi connectivity index (χ3n) is 3.34. The standard InChI is InChI=1S/C18H16O6/c19-17(13-6-2-1-3-7-13)21-10-11-22-18(20)16-12-23-14-8-4-5-9-15(14)24-16/h1-9,16H,10-12H2/t16-/m0/s1. The number of hydrogen-bond donors (Lipinski definition) is 0. The SMILES string of the molecule is O=C(OCCOC(=O)[C@@H]1COc2ccccc2O1)c1ccccc1. The normalized spacial score (nSPS) is 15.4. The third kappa shape index (κ3) is 3.84. The molecule has 0 aliphatic carbocycles. The maximum atomic E-state index is 12.0. The van der Waals surface area contributed by atoms with E-state index < -0.39 is 18.0 Å². The second-order valence-corrected chi connectivity index (χ2v) is 5.03. The summed E-state index contributed by atoms with van der Waals surface area (Å²) in [6.07, 6.45) is -0.829. The van der Waals surface area contributed by atoms with E-state index in [4.69, 9.17) is 18.9 Å². The Morgan fingerprint density at radius 3 is 2.38 bits per heavy atom. The summed E-state index contributed by atoms with van der Waals surface area (Å²) in [6.45, 7) is 0.0161. The van der Waals surface area contributed by atoms with Crippen molar-refractivity contribution >= 4 is 11.9 Å². The third-order valence-corrected chi connectivity index (χ3v) is 3.34. The Bertz CT molecular complexity index is 712. The summed E-state index contributed by atoms with van der Waals surface area (Å²) < 4.78 is 21.1. The van der Waals surface area contributed by atoms with Crippen LogP contribution < -0.4 is 9.47 Å². The molecule has 0 fully saturated rings. The lowest BCUT2D eigenvalue weighted by atomic mass is 10.2. The van der Waals surface area contributed by atoms with E-state index in [0.717, 1.165) is 0 Å². The van der Waals surface area contributed by atoms with Crippen molar-refractivity contribution in [1.29, 1.82) is 0 Å². The van der Waals surface area contributed by atoms with Gasteiger partial charge in [-0.05, 0) is 24.3 Å². The van der Waals surface area contributed by atoms with Gasteiger partial charge >= 0.3 is 11.9 Å². The van der Waals surface area contributed by atoms with Crippen LogP contribution in [0, 0.1) is 0 Å². The van der Waals surface area contributed by atoms with E-state index in [1.165, 1.54) is 0 Å². The van der Waals surface area contributed by atoms with Crippen LogP contribution in [0.3, 0.4) is 0 Å². The molecule has 0 saturated carbocycles. The Morgan fingerprint density at radius 2 is 1.58 bits per heavy atom. The van der Waals surface area contributed by atoms with Gasteiger partial charge in [0.25, 0.3) is 0 Å². The van der Waals surface area contributed by atoms with E-state index in [9.17, 15) is 9.59 Å². The maximum Gasteiger partial charge on any atom is 0.351 e. The van der Waals surface area contributed by atoms with E-state index in [1.807, 2.05) is 12.1 Å². The minimum absolute atomic E-state index is 0.0242. The van der Waals surface area contributed by atoms with Crippen LogP contribution in [0.2, 0.25) is 0 Å². The number of esters is 2. The molecule has 1 aliphatic heterocycles. The van der Waals surface area contributed by atoms with Crippen molar-refractivity contribution < 1.29 is 28.5 Å². The molecule has 0 radical (unpaired) electrons. The van der Waals surface area contributed by atoms with Gasteiger partial charge in [0.15, 0.2) is 11.5 Å². The topological polar surface area (TPSA) is 71.1 Å². The highest BCUT2D eigenvalue weighted by molar-refractivity contribution is 5.89. The number of para-hydroxylation sites is 2. The van der Waals surface area contributed by atoms with Gasteiger partial charge in [-0.2, -0.15) is 0 Å². The zero-order valence-corrected chi connectivity index (χ0v) is 12.8. The number of ether oxygens (including phenoxy) is 4. The highest BCUT2D eigenvalue weighted by Gasteiger charge is 2.28. The van der Waals surface area contributed by atoms with Gasteiger partial charge in [-0.15, -0.1) is 0 Å². The van der Waals surface area contributed by atoms with E-state index >= 15 is 0 Å². The van der Waals surface area contributed by atoms with Gasteiger partial charge in [0.2, 0.25) is 6.10 Å². The number of benzene rings is 2. The minimum Gasteiger partial charge on any atom is -0.485 e. The van der Waals surface area contributed by atoms with Crippen molar-refractivity contribution in [3.63, 3.8) is 0 Å². The molecule has 1 heterocycles. The maximum absolute atomic E-state index is 12.0. The molecule has 24 heavy (non-hydrogen) atoms. The molecule has 2 aromatic carbocycles. The molecular weight excluding hydrogens is 312 g/mol. The fourth-order valence-corrected chi connectivity index (χ4v) is 2.16. The summed E-state index contributed by atoms with van der Waals surface area (Å²) >= 11 is 0. The highest BCUT2D eigenvalue weighted by Crippen LogP contribution is 2.31. The molecule has 0 unspecified atom stereocenters. The van der Waals surface area contributed by atoms with Crippen LogP contribution in [-0.4, -0.2) is 37.9 Å². The molecule has 0 saturated heterocycles. The largest absolute Gasteiger partial charge is 0.485 e. The van der Waals surface area contributed by atoms with Gasteiger partial charge < -0.3 is 18.9 Å². The summed E-state index contributed by atoms with van der Waals surface area (Å²) in [5, 5.41) is 0. The van der Waals surface area contributed by atoms with Crippen LogP contribution in [0.4, 0.5) is 0 Å². The molecule has 1 atom stereocenters. The average molecular weight is 328 g/mol. The Morgan fingerprint density at radius 1 is 0.917 bits per heavy atom. The molecular formula is C18H16O6. The van der Waals surface area contributed by atoms with E-state index in [-0.39, 0.29) is 19.8 Å². The lowest BCUT2D eigenvalue weighted by molar-refractivity contribution is -0.155. The van der Waals surface area contributed by atoms with Crippen molar-refractivity contribution in [2.75, 3.05) is 19.8 Å². The lowest BCUT2D eigenvalue weighted by Gasteiger charge is -2.24. The van der Waals surface area contributed by atoms with Crippen LogP contribution in [-0.2, 0) is 14.3 Å². The summed E-state index contributed by atoms with van der Waals surface area (Å²) in [5.74, 6) is 0.0811. The first-order chi connectivity index (χ1) is 11.7. The minimum atomic E-state index is -0.829.